The summed E-state index contributed by atoms with van der Waals surface area (Å²) in [4.78, 5) is 12.1. The van der Waals surface area contributed by atoms with Crippen molar-refractivity contribution in [2.75, 3.05) is 14.2 Å². The van der Waals surface area contributed by atoms with Gasteiger partial charge in [-0.2, -0.15) is 0 Å². The number of methoxy groups -OCH3 is 2. The molecule has 1 aromatic heterocycles. The van der Waals surface area contributed by atoms with Crippen LogP contribution in [0.5, 0.6) is 11.5 Å². The molecule has 1 fully saturated rings. The quantitative estimate of drug-likeness (QED) is 0.796. The van der Waals surface area contributed by atoms with Crippen molar-refractivity contribution in [2.45, 2.75) is 38.3 Å². The molecule has 0 bridgehead atoms. The molecule has 0 N–H and O–H groups in total. The van der Waals surface area contributed by atoms with Gasteiger partial charge in [0, 0.05) is 23.7 Å². The predicted molar refractivity (Wildman–Crippen MR) is 83.4 cm³/mol. The number of ether oxygens (including phenoxy) is 3. The molecule has 3 rings (SSSR count). The fraction of sp³-hybridized carbons (Fsp3) is 0.471. The van der Waals surface area contributed by atoms with E-state index in [0.717, 1.165) is 42.3 Å². The summed E-state index contributed by atoms with van der Waals surface area (Å²) in [6.07, 6.45) is 6.25. The zero-order valence-electron chi connectivity index (χ0n) is 13.0. The highest BCUT2D eigenvalue weighted by Gasteiger charge is 2.20. The number of esters is 1. The molecule has 5 heteroatoms. The summed E-state index contributed by atoms with van der Waals surface area (Å²) in [5, 5.41) is 0.956. The molecule has 0 amide bonds. The van der Waals surface area contributed by atoms with Crippen molar-refractivity contribution in [3.05, 3.63) is 24.4 Å². The van der Waals surface area contributed by atoms with Crippen LogP contribution in [-0.2, 0) is 16.1 Å². The minimum Gasteiger partial charge on any atom is -0.497 e. The molecule has 22 heavy (non-hydrogen) atoms. The Morgan fingerprint density at radius 2 is 2.00 bits per heavy atom. The molecule has 0 radical (unpaired) electrons. The highest BCUT2D eigenvalue weighted by Crippen LogP contribution is 2.32. The molecule has 2 aromatic rings. The Bertz CT molecular complexity index is 671. The van der Waals surface area contributed by atoms with Crippen molar-refractivity contribution < 1.29 is 19.0 Å². The smallest absolute Gasteiger partial charge is 0.326 e. The van der Waals surface area contributed by atoms with Crippen LogP contribution in [0, 0.1) is 0 Å². The second-order valence-corrected chi connectivity index (χ2v) is 5.60. The maximum atomic E-state index is 12.1. The van der Waals surface area contributed by atoms with E-state index >= 15 is 0 Å². The van der Waals surface area contributed by atoms with Crippen LogP contribution in [-0.4, -0.2) is 30.9 Å². The highest BCUT2D eigenvalue weighted by atomic mass is 16.5. The third-order valence-electron chi connectivity index (χ3n) is 4.18. The maximum Gasteiger partial charge on any atom is 0.326 e. The molecule has 0 atom stereocenters. The van der Waals surface area contributed by atoms with E-state index in [9.17, 15) is 4.79 Å². The van der Waals surface area contributed by atoms with Crippen LogP contribution in [0.1, 0.15) is 25.7 Å². The number of hydrogen-bond acceptors (Lipinski definition) is 4. The Morgan fingerprint density at radius 3 is 2.68 bits per heavy atom. The van der Waals surface area contributed by atoms with Gasteiger partial charge >= 0.3 is 5.97 Å². The van der Waals surface area contributed by atoms with Crippen LogP contribution in [0.3, 0.4) is 0 Å². The zero-order valence-corrected chi connectivity index (χ0v) is 13.0. The van der Waals surface area contributed by atoms with Crippen LogP contribution in [0.4, 0.5) is 0 Å². The lowest BCUT2D eigenvalue weighted by molar-refractivity contribution is -0.149. The molecule has 0 aliphatic heterocycles. The Kier molecular flexibility index (Phi) is 4.22. The van der Waals surface area contributed by atoms with Crippen molar-refractivity contribution in [1.82, 2.24) is 4.57 Å². The summed E-state index contributed by atoms with van der Waals surface area (Å²) in [5.41, 5.74) is 0.902. The van der Waals surface area contributed by atoms with E-state index in [2.05, 4.69) is 0 Å². The number of rotatable bonds is 5. The molecule has 1 aliphatic carbocycles. The number of aromatic nitrogens is 1. The number of carbonyl (C=O) groups is 1. The van der Waals surface area contributed by atoms with Gasteiger partial charge in [0.05, 0.1) is 19.7 Å². The normalized spacial score (nSPS) is 15.2. The average molecular weight is 303 g/mol. The lowest BCUT2D eigenvalue weighted by Crippen LogP contribution is -2.19. The fourth-order valence-electron chi connectivity index (χ4n) is 3.03. The fourth-order valence-corrected chi connectivity index (χ4v) is 3.03. The first-order valence-corrected chi connectivity index (χ1v) is 7.61. The Labute approximate surface area is 129 Å². The summed E-state index contributed by atoms with van der Waals surface area (Å²) in [5.74, 6) is 1.25. The summed E-state index contributed by atoms with van der Waals surface area (Å²) in [6.45, 7) is 0.205. The third-order valence-corrected chi connectivity index (χ3v) is 4.18. The Balaban J connectivity index is 1.82. The summed E-state index contributed by atoms with van der Waals surface area (Å²) in [6, 6.07) is 5.68. The van der Waals surface area contributed by atoms with Crippen molar-refractivity contribution in [1.29, 1.82) is 0 Å². The van der Waals surface area contributed by atoms with Gasteiger partial charge in [-0.3, -0.25) is 4.79 Å². The van der Waals surface area contributed by atoms with Crippen LogP contribution in [0.2, 0.25) is 0 Å². The third kappa shape index (κ3) is 2.89. The summed E-state index contributed by atoms with van der Waals surface area (Å²) < 4.78 is 18.1. The second kappa shape index (κ2) is 6.30. The Morgan fingerprint density at radius 1 is 1.23 bits per heavy atom. The maximum absolute atomic E-state index is 12.1. The highest BCUT2D eigenvalue weighted by molar-refractivity contribution is 5.89. The minimum atomic E-state index is -0.189. The lowest BCUT2D eigenvalue weighted by Gasteiger charge is -2.13. The SMILES string of the molecule is COc1cc(OC)c2ccn(CC(=O)OC3CCCC3)c2c1. The van der Waals surface area contributed by atoms with Gasteiger partial charge in [-0.25, -0.2) is 0 Å². The first-order chi connectivity index (χ1) is 10.7. The van der Waals surface area contributed by atoms with Crippen LogP contribution in [0.15, 0.2) is 24.4 Å². The molecule has 0 spiro atoms. The first-order valence-electron chi connectivity index (χ1n) is 7.61. The van der Waals surface area contributed by atoms with Gasteiger partial charge in [0.1, 0.15) is 24.1 Å². The molecule has 1 heterocycles. The second-order valence-electron chi connectivity index (χ2n) is 5.60. The van der Waals surface area contributed by atoms with E-state index in [1.54, 1.807) is 14.2 Å². The minimum absolute atomic E-state index is 0.0957. The average Bonchev–Trinajstić information content (AvgIpc) is 3.16. The van der Waals surface area contributed by atoms with Gasteiger partial charge in [-0.1, -0.05) is 0 Å². The molecule has 5 nitrogen and oxygen atoms in total. The van der Waals surface area contributed by atoms with Crippen molar-refractivity contribution in [3.63, 3.8) is 0 Å². The Hall–Kier alpha value is -2.17. The number of carbonyl (C=O) groups excluding carboxylic acids is 1. The molecule has 1 aliphatic rings. The van der Waals surface area contributed by atoms with Gasteiger partial charge in [-0.05, 0) is 31.7 Å². The number of benzene rings is 1. The monoisotopic (exact) mass is 303 g/mol. The van der Waals surface area contributed by atoms with Gasteiger partial charge < -0.3 is 18.8 Å². The number of hydrogen-bond donors (Lipinski definition) is 0. The molecule has 0 saturated heterocycles. The van der Waals surface area contributed by atoms with E-state index < -0.39 is 0 Å². The van der Waals surface area contributed by atoms with Gasteiger partial charge in [0.15, 0.2) is 0 Å². The summed E-state index contributed by atoms with van der Waals surface area (Å²) >= 11 is 0. The molecular formula is C17H21NO4. The van der Waals surface area contributed by atoms with Crippen molar-refractivity contribution in [3.8, 4) is 11.5 Å². The van der Waals surface area contributed by atoms with Gasteiger partial charge in [0.2, 0.25) is 0 Å². The molecule has 0 unspecified atom stereocenters. The van der Waals surface area contributed by atoms with E-state index in [4.69, 9.17) is 14.2 Å². The van der Waals surface area contributed by atoms with Crippen LogP contribution < -0.4 is 9.47 Å². The molecule has 1 saturated carbocycles. The van der Waals surface area contributed by atoms with E-state index in [1.807, 2.05) is 29.0 Å². The van der Waals surface area contributed by atoms with Crippen LogP contribution >= 0.6 is 0 Å². The van der Waals surface area contributed by atoms with Gasteiger partial charge in [-0.15, -0.1) is 0 Å². The standard InChI is InChI=1S/C17H21NO4/c1-20-13-9-15-14(16(10-13)21-2)7-8-18(15)11-17(19)22-12-5-3-4-6-12/h7-10,12H,3-6,11H2,1-2H3. The molecule has 1 aromatic carbocycles. The van der Waals surface area contributed by atoms with E-state index in [1.165, 1.54) is 0 Å². The van der Waals surface area contributed by atoms with E-state index in [0.29, 0.717) is 5.75 Å². The number of fused-ring (bicyclic) bond motifs is 1. The van der Waals surface area contributed by atoms with Crippen LogP contribution in [0.25, 0.3) is 10.9 Å². The number of nitrogens with zero attached hydrogens (tertiary/aromatic N) is 1. The zero-order chi connectivity index (χ0) is 15.5. The van der Waals surface area contributed by atoms with Crippen molar-refractivity contribution >= 4 is 16.9 Å². The largest absolute Gasteiger partial charge is 0.497 e. The lowest BCUT2D eigenvalue weighted by atomic mass is 10.2. The predicted octanol–water partition coefficient (Wildman–Crippen LogP) is 3.14. The molecule has 118 valence electrons. The topological polar surface area (TPSA) is 49.7 Å². The van der Waals surface area contributed by atoms with Gasteiger partial charge in [0.25, 0.3) is 0 Å². The summed E-state index contributed by atoms with van der Waals surface area (Å²) in [7, 11) is 3.24. The van der Waals surface area contributed by atoms with Crippen molar-refractivity contribution in [2.24, 2.45) is 0 Å². The molecular weight excluding hydrogens is 282 g/mol. The van der Waals surface area contributed by atoms with E-state index in [-0.39, 0.29) is 18.6 Å². The first kappa shape index (κ1) is 14.8.